The summed E-state index contributed by atoms with van der Waals surface area (Å²) in [5.74, 6) is 0.827. The molecule has 0 saturated carbocycles. The second-order valence-corrected chi connectivity index (χ2v) is 8.44. The molecule has 1 aliphatic heterocycles. The lowest BCUT2D eigenvalue weighted by molar-refractivity contribution is -0.116. The van der Waals surface area contributed by atoms with Gasteiger partial charge in [-0.05, 0) is 35.6 Å². The highest BCUT2D eigenvalue weighted by atomic mass is 32.2. The Morgan fingerprint density at radius 2 is 1.80 bits per heavy atom. The number of carbonyl (C=O) groups is 1. The predicted octanol–water partition coefficient (Wildman–Crippen LogP) is 4.36. The maximum atomic E-state index is 13.4. The first kappa shape index (κ1) is 20.5. The average molecular weight is 422 g/mol. The molecule has 0 fully saturated rings. The highest BCUT2D eigenvalue weighted by molar-refractivity contribution is 8.00. The Bertz CT molecular complexity index is 1030. The first-order valence-corrected chi connectivity index (χ1v) is 11.4. The maximum Gasteiger partial charge on any atom is 0.240 e. The lowest BCUT2D eigenvalue weighted by Gasteiger charge is -2.33. The quantitative estimate of drug-likeness (QED) is 0.619. The summed E-state index contributed by atoms with van der Waals surface area (Å²) in [6.07, 6.45) is 2.62. The average Bonchev–Trinajstić information content (AvgIpc) is 3.20. The fraction of sp³-hybridized carbons (Fsp3) is 0.348. The molecule has 0 aliphatic carbocycles. The number of aromatic nitrogens is 3. The van der Waals surface area contributed by atoms with Crippen LogP contribution in [0.1, 0.15) is 49.3 Å². The third kappa shape index (κ3) is 3.94. The van der Waals surface area contributed by atoms with Crippen molar-refractivity contribution in [2.45, 2.75) is 56.5 Å². The molecule has 30 heavy (non-hydrogen) atoms. The van der Waals surface area contributed by atoms with Crippen LogP contribution in [0.25, 0.3) is 0 Å². The Morgan fingerprint density at radius 1 is 1.03 bits per heavy atom. The summed E-state index contributed by atoms with van der Waals surface area (Å²) in [5, 5.41) is 12.1. The fourth-order valence-electron chi connectivity index (χ4n) is 3.69. The minimum absolute atomic E-state index is 0.0368. The van der Waals surface area contributed by atoms with Gasteiger partial charge in [-0.15, -0.1) is 10.2 Å². The summed E-state index contributed by atoms with van der Waals surface area (Å²) < 4.78 is 1.92. The molecule has 0 radical (unpaired) electrons. The third-order valence-electron chi connectivity index (χ3n) is 5.48. The van der Waals surface area contributed by atoms with Crippen LogP contribution >= 0.6 is 11.8 Å². The fourth-order valence-corrected chi connectivity index (χ4v) is 4.79. The first-order chi connectivity index (χ1) is 14.6. The van der Waals surface area contributed by atoms with Gasteiger partial charge >= 0.3 is 0 Å². The molecule has 0 unspecified atom stereocenters. The smallest absolute Gasteiger partial charge is 0.240 e. The Labute approximate surface area is 181 Å². The van der Waals surface area contributed by atoms with E-state index in [1.165, 1.54) is 17.3 Å². The van der Waals surface area contributed by atoms with Gasteiger partial charge in [-0.2, -0.15) is 0 Å². The molecule has 156 valence electrons. The van der Waals surface area contributed by atoms with E-state index in [-0.39, 0.29) is 17.2 Å². The number of hydrogen-bond acceptors (Lipinski definition) is 5. The Morgan fingerprint density at radius 3 is 2.50 bits per heavy atom. The van der Waals surface area contributed by atoms with Crippen molar-refractivity contribution in [1.82, 2.24) is 14.9 Å². The van der Waals surface area contributed by atoms with E-state index in [1.807, 2.05) is 28.9 Å². The van der Waals surface area contributed by atoms with Gasteiger partial charge in [-0.25, -0.2) is 4.68 Å². The number of anilines is 1. The largest absolute Gasteiger partial charge is 0.325 e. The molecular weight excluding hydrogens is 394 g/mol. The summed E-state index contributed by atoms with van der Waals surface area (Å²) in [4.78, 5) is 13.4. The van der Waals surface area contributed by atoms with Crippen molar-refractivity contribution >= 4 is 23.4 Å². The molecule has 1 aromatic heterocycles. The second kappa shape index (κ2) is 8.92. The van der Waals surface area contributed by atoms with E-state index in [0.717, 1.165) is 47.1 Å². The molecule has 0 spiro atoms. The zero-order valence-electron chi connectivity index (χ0n) is 17.6. The second-order valence-electron chi connectivity index (χ2n) is 7.33. The van der Waals surface area contributed by atoms with Crippen LogP contribution in [-0.4, -0.2) is 26.0 Å². The van der Waals surface area contributed by atoms with Crippen LogP contribution in [0.3, 0.4) is 0 Å². The third-order valence-corrected chi connectivity index (χ3v) is 6.70. The van der Waals surface area contributed by atoms with Crippen molar-refractivity contribution in [2.24, 2.45) is 0 Å². The Kier molecular flexibility index (Phi) is 6.08. The lowest BCUT2D eigenvalue weighted by atomic mass is 10.0. The molecule has 2 N–H and O–H groups in total. The van der Waals surface area contributed by atoms with Crippen LogP contribution in [0.5, 0.6) is 0 Å². The number of amides is 1. The number of nitrogens with one attached hydrogen (secondary N) is 2. The van der Waals surface area contributed by atoms with Crippen molar-refractivity contribution in [3.8, 4) is 0 Å². The summed E-state index contributed by atoms with van der Waals surface area (Å²) in [6, 6.07) is 16.2. The van der Waals surface area contributed by atoms with Gasteiger partial charge in [0.25, 0.3) is 0 Å². The molecule has 2 heterocycles. The Hall–Kier alpha value is -2.80. The number of para-hydroxylation sites is 1. The minimum Gasteiger partial charge on any atom is -0.325 e. The van der Waals surface area contributed by atoms with Gasteiger partial charge in [0.1, 0.15) is 5.25 Å². The van der Waals surface area contributed by atoms with Crippen LogP contribution in [0.4, 0.5) is 5.69 Å². The highest BCUT2D eigenvalue weighted by Gasteiger charge is 2.37. The predicted molar refractivity (Wildman–Crippen MR) is 121 cm³/mol. The standard InChI is InChI=1S/C23H27N5OS/c1-4-15-11-13-17(14-12-15)20-21(30-23-26-25-19(6-3)28(23)27-20)22(29)24-18-10-8-7-9-16(18)5-2/h7-14,20-21,27H,4-6H2,1-3H3,(H,24,29)/t20-,21+/m0/s1. The molecule has 4 rings (SSSR count). The Balaban J connectivity index is 1.67. The number of benzene rings is 2. The molecule has 1 amide bonds. The number of hydrogen-bond donors (Lipinski definition) is 2. The van der Waals surface area contributed by atoms with E-state index in [1.54, 1.807) is 0 Å². The molecule has 2 aromatic carbocycles. The van der Waals surface area contributed by atoms with E-state index in [4.69, 9.17) is 0 Å². The van der Waals surface area contributed by atoms with E-state index in [0.29, 0.717) is 0 Å². The van der Waals surface area contributed by atoms with Crippen LogP contribution < -0.4 is 10.7 Å². The molecule has 7 heteroatoms. The number of rotatable bonds is 6. The number of nitrogens with zero attached hydrogens (tertiary/aromatic N) is 3. The van der Waals surface area contributed by atoms with Gasteiger partial charge < -0.3 is 10.7 Å². The maximum absolute atomic E-state index is 13.4. The molecule has 3 aromatic rings. The summed E-state index contributed by atoms with van der Waals surface area (Å²) in [6.45, 7) is 6.28. The summed E-state index contributed by atoms with van der Waals surface area (Å²) >= 11 is 1.46. The highest BCUT2D eigenvalue weighted by Crippen LogP contribution is 2.38. The van der Waals surface area contributed by atoms with Gasteiger partial charge in [0, 0.05) is 12.1 Å². The summed E-state index contributed by atoms with van der Waals surface area (Å²) in [7, 11) is 0. The lowest BCUT2D eigenvalue weighted by Crippen LogP contribution is -2.41. The first-order valence-electron chi connectivity index (χ1n) is 10.5. The van der Waals surface area contributed by atoms with Crippen molar-refractivity contribution in [3.05, 3.63) is 71.0 Å². The van der Waals surface area contributed by atoms with Crippen LogP contribution in [0.2, 0.25) is 0 Å². The normalized spacial score (nSPS) is 17.8. The van der Waals surface area contributed by atoms with Crippen molar-refractivity contribution < 1.29 is 4.79 Å². The molecule has 0 bridgehead atoms. The van der Waals surface area contributed by atoms with Gasteiger partial charge in [0.2, 0.25) is 11.1 Å². The molecular formula is C23H27N5OS. The molecule has 6 nitrogen and oxygen atoms in total. The van der Waals surface area contributed by atoms with E-state index >= 15 is 0 Å². The van der Waals surface area contributed by atoms with Gasteiger partial charge in [-0.1, -0.05) is 75.0 Å². The van der Waals surface area contributed by atoms with Gasteiger partial charge in [-0.3, -0.25) is 4.79 Å². The number of carbonyl (C=O) groups excluding carboxylic acids is 1. The van der Waals surface area contributed by atoms with Crippen molar-refractivity contribution in [2.75, 3.05) is 10.7 Å². The van der Waals surface area contributed by atoms with Crippen molar-refractivity contribution in [1.29, 1.82) is 0 Å². The topological polar surface area (TPSA) is 71.8 Å². The van der Waals surface area contributed by atoms with Crippen LogP contribution in [0, 0.1) is 0 Å². The van der Waals surface area contributed by atoms with Gasteiger partial charge in [0.15, 0.2) is 5.82 Å². The molecule has 2 atom stereocenters. The van der Waals surface area contributed by atoms with E-state index in [9.17, 15) is 4.79 Å². The number of aryl methyl sites for hydroxylation is 3. The zero-order chi connectivity index (χ0) is 21.1. The number of fused-ring (bicyclic) bond motifs is 1. The molecule has 1 aliphatic rings. The minimum atomic E-state index is -0.371. The van der Waals surface area contributed by atoms with E-state index < -0.39 is 0 Å². The van der Waals surface area contributed by atoms with Crippen LogP contribution in [0.15, 0.2) is 53.7 Å². The van der Waals surface area contributed by atoms with Crippen molar-refractivity contribution in [3.63, 3.8) is 0 Å². The zero-order valence-corrected chi connectivity index (χ0v) is 18.4. The number of thioether (sulfide) groups is 1. The monoisotopic (exact) mass is 421 g/mol. The van der Waals surface area contributed by atoms with Gasteiger partial charge in [0.05, 0.1) is 6.04 Å². The molecule has 0 saturated heterocycles. The summed E-state index contributed by atoms with van der Waals surface area (Å²) in [5.41, 5.74) is 7.85. The van der Waals surface area contributed by atoms with E-state index in [2.05, 4.69) is 66.0 Å². The van der Waals surface area contributed by atoms with Crippen LogP contribution in [-0.2, 0) is 24.1 Å². The SMILES string of the molecule is CCc1ccc([C@@H]2Nn3c(CC)nnc3S[C@H]2C(=O)Nc2ccccc2CC)cc1.